The van der Waals surface area contributed by atoms with Crippen LogP contribution in [0, 0.1) is 5.92 Å². The molecule has 1 atom stereocenters. The van der Waals surface area contributed by atoms with Gasteiger partial charge in [0, 0.05) is 12.5 Å². The van der Waals surface area contributed by atoms with Crippen molar-refractivity contribution in [3.63, 3.8) is 0 Å². The third-order valence-electron chi connectivity index (χ3n) is 3.78. The topological polar surface area (TPSA) is 47.0 Å². The van der Waals surface area contributed by atoms with E-state index in [0.29, 0.717) is 5.92 Å². The molecular formula is C16H15N3OS. The Labute approximate surface area is 126 Å². The van der Waals surface area contributed by atoms with Crippen LogP contribution in [0.1, 0.15) is 5.56 Å². The van der Waals surface area contributed by atoms with E-state index < -0.39 is 0 Å². The standard InChI is InChI=1S/C16H15N3OS/c1-2-4-14-12(3-1)7-11(9-20-14)8-17-15-13-5-6-21-16(13)19-10-18-15/h1-6,10-11H,7-9H2,(H,17,18,19)/t11-/m1/s1. The molecule has 0 amide bonds. The molecule has 0 spiro atoms. The summed E-state index contributed by atoms with van der Waals surface area (Å²) in [6.45, 7) is 1.61. The first-order valence-electron chi connectivity index (χ1n) is 7.03. The third kappa shape index (κ3) is 2.45. The zero-order valence-corrected chi connectivity index (χ0v) is 12.3. The van der Waals surface area contributed by atoms with Crippen molar-refractivity contribution in [1.82, 2.24) is 9.97 Å². The van der Waals surface area contributed by atoms with Gasteiger partial charge in [-0.25, -0.2) is 9.97 Å². The summed E-state index contributed by atoms with van der Waals surface area (Å²) < 4.78 is 5.83. The van der Waals surface area contributed by atoms with Gasteiger partial charge in [-0.3, -0.25) is 0 Å². The van der Waals surface area contributed by atoms with Crippen LogP contribution >= 0.6 is 11.3 Å². The van der Waals surface area contributed by atoms with E-state index in [1.165, 1.54) is 5.56 Å². The normalized spacial score (nSPS) is 17.2. The molecule has 4 nitrogen and oxygen atoms in total. The van der Waals surface area contributed by atoms with Gasteiger partial charge in [-0.1, -0.05) is 18.2 Å². The van der Waals surface area contributed by atoms with Crippen molar-refractivity contribution in [2.45, 2.75) is 6.42 Å². The van der Waals surface area contributed by atoms with Gasteiger partial charge >= 0.3 is 0 Å². The third-order valence-corrected chi connectivity index (χ3v) is 4.60. The molecule has 0 unspecified atom stereocenters. The van der Waals surface area contributed by atoms with Gasteiger partial charge in [-0.05, 0) is 29.5 Å². The number of hydrogen-bond acceptors (Lipinski definition) is 5. The van der Waals surface area contributed by atoms with Crippen LogP contribution in [0.2, 0.25) is 0 Å². The number of hydrogen-bond donors (Lipinski definition) is 1. The number of nitrogens with zero attached hydrogens (tertiary/aromatic N) is 2. The SMILES string of the molecule is c1ccc2c(c1)C[C@H](CNc1ncnc3sccc13)CO2. The second-order valence-corrected chi connectivity index (χ2v) is 6.13. The number of para-hydroxylation sites is 1. The molecule has 0 radical (unpaired) electrons. The fraction of sp³-hybridized carbons (Fsp3) is 0.250. The molecule has 0 bridgehead atoms. The molecule has 3 aromatic rings. The Morgan fingerprint density at radius 3 is 3.19 bits per heavy atom. The van der Waals surface area contributed by atoms with E-state index in [2.05, 4.69) is 33.5 Å². The zero-order chi connectivity index (χ0) is 14.1. The summed E-state index contributed by atoms with van der Waals surface area (Å²) in [4.78, 5) is 9.65. The summed E-state index contributed by atoms with van der Waals surface area (Å²) >= 11 is 1.64. The van der Waals surface area contributed by atoms with E-state index >= 15 is 0 Å². The molecule has 0 saturated carbocycles. The van der Waals surface area contributed by atoms with E-state index in [1.54, 1.807) is 17.7 Å². The molecular weight excluding hydrogens is 282 g/mol. The van der Waals surface area contributed by atoms with Crippen LogP contribution in [0.15, 0.2) is 42.0 Å². The highest BCUT2D eigenvalue weighted by atomic mass is 32.1. The van der Waals surface area contributed by atoms with Gasteiger partial charge in [0.25, 0.3) is 0 Å². The average molecular weight is 297 g/mol. The van der Waals surface area contributed by atoms with Crippen molar-refractivity contribution in [1.29, 1.82) is 0 Å². The molecule has 106 valence electrons. The van der Waals surface area contributed by atoms with E-state index in [0.717, 1.165) is 41.4 Å². The van der Waals surface area contributed by atoms with Crippen LogP contribution in [-0.2, 0) is 6.42 Å². The molecule has 1 aliphatic rings. The van der Waals surface area contributed by atoms with Crippen LogP contribution in [0.25, 0.3) is 10.2 Å². The molecule has 0 aliphatic carbocycles. The van der Waals surface area contributed by atoms with Gasteiger partial charge in [0.2, 0.25) is 0 Å². The minimum absolute atomic E-state index is 0.462. The van der Waals surface area contributed by atoms with Crippen molar-refractivity contribution >= 4 is 27.4 Å². The second-order valence-electron chi connectivity index (χ2n) is 5.23. The lowest BCUT2D eigenvalue weighted by molar-refractivity contribution is 0.229. The first-order valence-corrected chi connectivity index (χ1v) is 7.91. The highest BCUT2D eigenvalue weighted by molar-refractivity contribution is 7.16. The van der Waals surface area contributed by atoms with Crippen LogP contribution in [0.3, 0.4) is 0 Å². The summed E-state index contributed by atoms with van der Waals surface area (Å²) in [5.41, 5.74) is 1.29. The molecule has 0 fully saturated rings. The van der Waals surface area contributed by atoms with Crippen molar-refractivity contribution in [2.75, 3.05) is 18.5 Å². The molecule has 3 heterocycles. The van der Waals surface area contributed by atoms with Gasteiger partial charge in [0.1, 0.15) is 22.7 Å². The Morgan fingerprint density at radius 1 is 1.24 bits per heavy atom. The number of nitrogens with one attached hydrogen (secondary N) is 1. The average Bonchev–Trinajstić information content (AvgIpc) is 3.02. The lowest BCUT2D eigenvalue weighted by atomic mass is 9.97. The first-order chi connectivity index (χ1) is 10.4. The monoisotopic (exact) mass is 297 g/mol. The van der Waals surface area contributed by atoms with Crippen molar-refractivity contribution in [2.24, 2.45) is 5.92 Å². The minimum Gasteiger partial charge on any atom is -0.493 e. The molecule has 21 heavy (non-hydrogen) atoms. The Hall–Kier alpha value is -2.14. The fourth-order valence-electron chi connectivity index (χ4n) is 2.69. The summed E-state index contributed by atoms with van der Waals surface area (Å²) in [5.74, 6) is 2.40. The van der Waals surface area contributed by atoms with Gasteiger partial charge in [0.15, 0.2) is 0 Å². The largest absolute Gasteiger partial charge is 0.493 e. The van der Waals surface area contributed by atoms with Gasteiger partial charge < -0.3 is 10.1 Å². The maximum absolute atomic E-state index is 5.83. The molecule has 2 aromatic heterocycles. The minimum atomic E-state index is 0.462. The Kier molecular flexibility index (Phi) is 3.20. The summed E-state index contributed by atoms with van der Waals surface area (Å²) in [7, 11) is 0. The van der Waals surface area contributed by atoms with Gasteiger partial charge in [0.05, 0.1) is 12.0 Å². The van der Waals surface area contributed by atoms with Gasteiger partial charge in [-0.2, -0.15) is 0 Å². The summed E-state index contributed by atoms with van der Waals surface area (Å²) in [5, 5.41) is 6.59. The van der Waals surface area contributed by atoms with Crippen molar-refractivity contribution in [3.8, 4) is 5.75 Å². The van der Waals surface area contributed by atoms with Gasteiger partial charge in [-0.15, -0.1) is 11.3 Å². The lowest BCUT2D eigenvalue weighted by Crippen LogP contribution is -2.27. The fourth-order valence-corrected chi connectivity index (χ4v) is 3.43. The number of ether oxygens (including phenoxy) is 1. The number of thiophene rings is 1. The number of benzene rings is 1. The Bertz CT molecular complexity index is 771. The van der Waals surface area contributed by atoms with E-state index in [-0.39, 0.29) is 0 Å². The molecule has 1 aliphatic heterocycles. The predicted octanol–water partition coefficient (Wildman–Crippen LogP) is 3.35. The number of fused-ring (bicyclic) bond motifs is 2. The number of aromatic nitrogens is 2. The summed E-state index contributed by atoms with van der Waals surface area (Å²) in [6, 6.07) is 10.3. The number of rotatable bonds is 3. The molecule has 1 N–H and O–H groups in total. The van der Waals surface area contributed by atoms with Crippen LogP contribution in [0.5, 0.6) is 5.75 Å². The quantitative estimate of drug-likeness (QED) is 0.805. The lowest BCUT2D eigenvalue weighted by Gasteiger charge is -2.25. The maximum atomic E-state index is 5.83. The molecule has 5 heteroatoms. The highest BCUT2D eigenvalue weighted by Crippen LogP contribution is 2.28. The van der Waals surface area contributed by atoms with Crippen molar-refractivity contribution in [3.05, 3.63) is 47.6 Å². The predicted molar refractivity (Wildman–Crippen MR) is 85.0 cm³/mol. The summed E-state index contributed by atoms with van der Waals surface area (Å²) in [6.07, 6.45) is 2.66. The molecule has 1 aromatic carbocycles. The maximum Gasteiger partial charge on any atom is 0.138 e. The van der Waals surface area contributed by atoms with E-state index in [1.807, 2.05) is 17.5 Å². The van der Waals surface area contributed by atoms with E-state index in [4.69, 9.17) is 4.74 Å². The highest BCUT2D eigenvalue weighted by Gasteiger charge is 2.19. The Morgan fingerprint density at radius 2 is 2.19 bits per heavy atom. The first kappa shape index (κ1) is 12.6. The molecule has 4 rings (SSSR count). The van der Waals surface area contributed by atoms with Crippen molar-refractivity contribution < 1.29 is 4.74 Å². The Balaban J connectivity index is 1.47. The van der Waals surface area contributed by atoms with Crippen LogP contribution < -0.4 is 10.1 Å². The van der Waals surface area contributed by atoms with E-state index in [9.17, 15) is 0 Å². The number of anilines is 1. The zero-order valence-electron chi connectivity index (χ0n) is 11.5. The van der Waals surface area contributed by atoms with Crippen LogP contribution in [-0.4, -0.2) is 23.1 Å². The van der Waals surface area contributed by atoms with Crippen LogP contribution in [0.4, 0.5) is 5.82 Å². The smallest absolute Gasteiger partial charge is 0.138 e. The molecule has 0 saturated heterocycles. The second kappa shape index (κ2) is 5.33.